The molecule has 0 spiro atoms. The maximum atomic E-state index is 6.00. The lowest BCUT2D eigenvalue weighted by Gasteiger charge is -2.16. The van der Waals surface area contributed by atoms with E-state index in [-0.39, 0.29) is 5.41 Å². The van der Waals surface area contributed by atoms with Gasteiger partial charge in [-0.05, 0) is 62.8 Å². The van der Waals surface area contributed by atoms with Gasteiger partial charge >= 0.3 is 0 Å². The second kappa shape index (κ2) is 3.72. The lowest BCUT2D eigenvalue weighted by Crippen LogP contribution is -2.13. The minimum atomic E-state index is 0.142. The minimum Gasteiger partial charge on any atom is -0.142 e. The van der Waals surface area contributed by atoms with Crippen molar-refractivity contribution in [2.24, 2.45) is 0 Å². The van der Waals surface area contributed by atoms with Gasteiger partial charge in [-0.15, -0.1) is 21.8 Å². The molecule has 1 aliphatic rings. The lowest BCUT2D eigenvalue weighted by atomic mass is 9.97. The summed E-state index contributed by atoms with van der Waals surface area (Å²) in [5, 5.41) is 8.05. The molecule has 1 saturated carbocycles. The van der Waals surface area contributed by atoms with Gasteiger partial charge in [0.15, 0.2) is 0 Å². The molecule has 1 aromatic rings. The van der Waals surface area contributed by atoms with Crippen LogP contribution >= 0.6 is 43.5 Å². The third kappa shape index (κ3) is 1.61. The molecule has 0 amide bonds. The molecule has 0 aliphatic heterocycles. The highest BCUT2D eigenvalue weighted by atomic mass is 79.9. The van der Waals surface area contributed by atoms with Gasteiger partial charge < -0.3 is 0 Å². The van der Waals surface area contributed by atoms with Crippen LogP contribution in [0.15, 0.2) is 9.21 Å². The summed E-state index contributed by atoms with van der Waals surface area (Å²) in [6.07, 6.45) is 2.29. The molecule has 0 radical (unpaired) electrons. The van der Waals surface area contributed by atoms with E-state index >= 15 is 0 Å². The van der Waals surface area contributed by atoms with E-state index < -0.39 is 0 Å². The van der Waals surface area contributed by atoms with E-state index in [9.17, 15) is 0 Å². The van der Waals surface area contributed by atoms with Crippen LogP contribution in [0.3, 0.4) is 0 Å². The molecular formula is C9H9Br2ClN2. The molecule has 1 aromatic heterocycles. The number of alkyl halides is 1. The molecule has 0 unspecified atom stereocenters. The number of halogens is 3. The molecule has 0 N–H and O–H groups in total. The van der Waals surface area contributed by atoms with Crippen LogP contribution in [0.5, 0.6) is 0 Å². The molecule has 76 valence electrons. The van der Waals surface area contributed by atoms with Gasteiger partial charge in [0, 0.05) is 11.3 Å². The molecule has 1 heterocycles. The van der Waals surface area contributed by atoms with Crippen LogP contribution in [0.4, 0.5) is 0 Å². The number of hydrogen-bond donors (Lipinski definition) is 0. The Morgan fingerprint density at radius 2 is 1.86 bits per heavy atom. The van der Waals surface area contributed by atoms with Crippen LogP contribution in [-0.2, 0) is 5.41 Å². The zero-order valence-electron chi connectivity index (χ0n) is 7.65. The molecule has 1 fully saturated rings. The fraction of sp³-hybridized carbons (Fsp3) is 0.556. The first-order valence-corrected chi connectivity index (χ1v) is 6.47. The summed E-state index contributed by atoms with van der Waals surface area (Å²) in [6.45, 7) is 2.05. The molecule has 0 atom stereocenters. The van der Waals surface area contributed by atoms with Crippen LogP contribution < -0.4 is 0 Å². The average molecular weight is 340 g/mol. The fourth-order valence-electron chi connectivity index (χ4n) is 1.69. The highest BCUT2D eigenvalue weighted by molar-refractivity contribution is 9.10. The summed E-state index contributed by atoms with van der Waals surface area (Å²) in [7, 11) is 0. The van der Waals surface area contributed by atoms with Crippen molar-refractivity contribution >= 4 is 43.5 Å². The largest absolute Gasteiger partial charge is 0.142 e. The summed E-state index contributed by atoms with van der Waals surface area (Å²) < 4.78 is 1.64. The minimum absolute atomic E-state index is 0.142. The van der Waals surface area contributed by atoms with Gasteiger partial charge in [0.05, 0.1) is 0 Å². The van der Waals surface area contributed by atoms with Gasteiger partial charge in [-0.1, -0.05) is 0 Å². The average Bonchev–Trinajstić information content (AvgIpc) is 2.93. The standard InChI is InChI=1S/C9H9Br2ClN2/c1-5-6(9(4-12)2-3-9)8(11)14-13-7(5)10/h2-4H2,1H3. The normalized spacial score (nSPS) is 18.3. The summed E-state index contributed by atoms with van der Waals surface area (Å²) in [5.74, 6) is 0.657. The zero-order valence-corrected chi connectivity index (χ0v) is 11.6. The van der Waals surface area contributed by atoms with Gasteiger partial charge in [-0.25, -0.2) is 0 Å². The van der Waals surface area contributed by atoms with Crippen LogP contribution in [0.2, 0.25) is 0 Å². The number of hydrogen-bond acceptors (Lipinski definition) is 2. The molecular weight excluding hydrogens is 331 g/mol. The van der Waals surface area contributed by atoms with Crippen molar-refractivity contribution in [3.63, 3.8) is 0 Å². The van der Waals surface area contributed by atoms with E-state index in [1.807, 2.05) is 6.92 Å². The van der Waals surface area contributed by atoms with Crippen LogP contribution in [0.1, 0.15) is 24.0 Å². The molecule has 5 heteroatoms. The first-order valence-electron chi connectivity index (χ1n) is 4.35. The van der Waals surface area contributed by atoms with Crippen LogP contribution in [0.25, 0.3) is 0 Å². The van der Waals surface area contributed by atoms with Gasteiger partial charge in [0.1, 0.15) is 9.21 Å². The highest BCUT2D eigenvalue weighted by Crippen LogP contribution is 2.52. The topological polar surface area (TPSA) is 25.8 Å². The van der Waals surface area contributed by atoms with Crippen molar-refractivity contribution in [3.05, 3.63) is 20.3 Å². The van der Waals surface area contributed by atoms with Gasteiger partial charge in [0.2, 0.25) is 0 Å². The van der Waals surface area contributed by atoms with E-state index in [0.717, 1.165) is 27.6 Å². The third-order valence-corrected chi connectivity index (χ3v) is 4.58. The van der Waals surface area contributed by atoms with Gasteiger partial charge in [-0.3, -0.25) is 0 Å². The lowest BCUT2D eigenvalue weighted by molar-refractivity contribution is 0.753. The molecule has 0 saturated heterocycles. The molecule has 2 rings (SSSR count). The Labute approximate surface area is 105 Å². The monoisotopic (exact) mass is 338 g/mol. The molecule has 0 bridgehead atoms. The van der Waals surface area contributed by atoms with E-state index in [4.69, 9.17) is 11.6 Å². The highest BCUT2D eigenvalue weighted by Gasteiger charge is 2.46. The van der Waals surface area contributed by atoms with E-state index in [1.54, 1.807) is 0 Å². The van der Waals surface area contributed by atoms with Crippen LogP contribution in [-0.4, -0.2) is 16.1 Å². The molecule has 0 aromatic carbocycles. The van der Waals surface area contributed by atoms with Crippen LogP contribution in [0, 0.1) is 6.92 Å². The summed E-state index contributed by atoms with van der Waals surface area (Å²) in [5.41, 5.74) is 2.50. The SMILES string of the molecule is Cc1c(Br)nnc(Br)c1C1(CCl)CC1. The first kappa shape index (κ1) is 10.8. The first-order chi connectivity index (χ1) is 6.60. The van der Waals surface area contributed by atoms with Crippen molar-refractivity contribution < 1.29 is 0 Å². The third-order valence-electron chi connectivity index (χ3n) is 2.76. The summed E-state index contributed by atoms with van der Waals surface area (Å²) in [4.78, 5) is 0. The predicted molar refractivity (Wildman–Crippen MR) is 63.8 cm³/mol. The van der Waals surface area contributed by atoms with E-state index in [1.165, 1.54) is 5.56 Å². The van der Waals surface area contributed by atoms with Crippen molar-refractivity contribution in [1.82, 2.24) is 10.2 Å². The predicted octanol–water partition coefficient (Wildman–Crippen LogP) is 3.58. The zero-order chi connectivity index (χ0) is 10.3. The smallest absolute Gasteiger partial charge is 0.132 e. The molecule has 2 nitrogen and oxygen atoms in total. The molecule has 14 heavy (non-hydrogen) atoms. The van der Waals surface area contributed by atoms with Gasteiger partial charge in [0.25, 0.3) is 0 Å². The van der Waals surface area contributed by atoms with E-state index in [2.05, 4.69) is 42.1 Å². The maximum Gasteiger partial charge on any atom is 0.132 e. The Hall–Kier alpha value is 0.330. The fourth-order valence-corrected chi connectivity index (χ4v) is 3.16. The van der Waals surface area contributed by atoms with Gasteiger partial charge in [-0.2, -0.15) is 0 Å². The Kier molecular flexibility index (Phi) is 2.88. The Bertz CT molecular complexity index is 377. The number of rotatable bonds is 2. The Morgan fingerprint density at radius 1 is 1.29 bits per heavy atom. The van der Waals surface area contributed by atoms with Crippen molar-refractivity contribution in [2.75, 3.05) is 5.88 Å². The molecule has 1 aliphatic carbocycles. The quantitative estimate of drug-likeness (QED) is 0.769. The second-order valence-electron chi connectivity index (χ2n) is 3.70. The van der Waals surface area contributed by atoms with Crippen molar-refractivity contribution in [2.45, 2.75) is 25.2 Å². The maximum absolute atomic E-state index is 6.00. The number of nitrogens with zero attached hydrogens (tertiary/aromatic N) is 2. The summed E-state index contributed by atoms with van der Waals surface area (Å²) in [6, 6.07) is 0. The van der Waals surface area contributed by atoms with E-state index in [0.29, 0.717) is 5.88 Å². The Balaban J connectivity index is 2.57. The Morgan fingerprint density at radius 3 is 2.36 bits per heavy atom. The van der Waals surface area contributed by atoms with Crippen molar-refractivity contribution in [3.8, 4) is 0 Å². The van der Waals surface area contributed by atoms with Crippen molar-refractivity contribution in [1.29, 1.82) is 0 Å². The summed E-state index contributed by atoms with van der Waals surface area (Å²) >= 11 is 12.8. The number of aromatic nitrogens is 2. The second-order valence-corrected chi connectivity index (χ2v) is 5.47.